The van der Waals surface area contributed by atoms with Gasteiger partial charge in [-0.1, -0.05) is 62.4 Å². The van der Waals surface area contributed by atoms with Crippen molar-refractivity contribution < 1.29 is 33.8 Å². The van der Waals surface area contributed by atoms with Gasteiger partial charge in [0.1, 0.15) is 12.1 Å². The van der Waals surface area contributed by atoms with Crippen molar-refractivity contribution >= 4 is 35.6 Å². The van der Waals surface area contributed by atoms with Gasteiger partial charge in [-0.2, -0.15) is 11.8 Å². The number of aliphatic hydroxyl groups is 1. The molecular formula is C31H48N4O7S. The fourth-order valence-corrected chi connectivity index (χ4v) is 6.05. The van der Waals surface area contributed by atoms with E-state index in [1.807, 2.05) is 36.6 Å². The van der Waals surface area contributed by atoms with Crippen LogP contribution < -0.4 is 16.0 Å². The molecule has 11 nitrogen and oxygen atoms in total. The van der Waals surface area contributed by atoms with E-state index in [1.165, 1.54) is 11.8 Å². The van der Waals surface area contributed by atoms with Gasteiger partial charge in [-0.25, -0.2) is 9.59 Å². The second kappa shape index (κ2) is 18.1. The molecule has 2 fully saturated rings. The molecule has 1 aliphatic heterocycles. The highest BCUT2D eigenvalue weighted by Crippen LogP contribution is 2.28. The lowest BCUT2D eigenvalue weighted by Gasteiger charge is -2.31. The minimum Gasteiger partial charge on any atom is -0.461 e. The molecule has 0 radical (unpaired) electrons. The minimum absolute atomic E-state index is 0.237. The summed E-state index contributed by atoms with van der Waals surface area (Å²) in [5, 5.41) is 19.5. The fourth-order valence-electron chi connectivity index (χ4n) is 5.49. The molecule has 1 aliphatic carbocycles. The van der Waals surface area contributed by atoms with Gasteiger partial charge in [-0.05, 0) is 38.0 Å². The van der Waals surface area contributed by atoms with Crippen LogP contribution in [0.1, 0.15) is 57.9 Å². The predicted molar refractivity (Wildman–Crippen MR) is 166 cm³/mol. The van der Waals surface area contributed by atoms with Crippen LogP contribution in [-0.2, 0) is 30.3 Å². The third kappa shape index (κ3) is 11.6. The summed E-state index contributed by atoms with van der Waals surface area (Å²) >= 11 is 1.38. The molecule has 1 aromatic rings. The number of carbonyl (C=O) groups is 4. The van der Waals surface area contributed by atoms with E-state index in [4.69, 9.17) is 9.47 Å². The Morgan fingerprint density at radius 1 is 0.977 bits per heavy atom. The van der Waals surface area contributed by atoms with Crippen molar-refractivity contribution in [3.8, 4) is 0 Å². The second-order valence-electron chi connectivity index (χ2n) is 11.6. The zero-order chi connectivity index (χ0) is 31.2. The normalized spacial score (nSPS) is 18.7. The molecule has 4 atom stereocenters. The highest BCUT2D eigenvalue weighted by atomic mass is 32.2. The van der Waals surface area contributed by atoms with Gasteiger partial charge in [0.15, 0.2) is 6.10 Å². The van der Waals surface area contributed by atoms with Crippen LogP contribution in [-0.4, -0.2) is 102 Å². The maximum atomic E-state index is 13.6. The first-order valence-corrected chi connectivity index (χ1v) is 16.7. The lowest BCUT2D eigenvalue weighted by Crippen LogP contribution is -2.59. The Kier molecular flexibility index (Phi) is 14.6. The molecule has 0 unspecified atom stereocenters. The number of carbonyl (C=O) groups excluding carboxylic acids is 4. The summed E-state index contributed by atoms with van der Waals surface area (Å²) in [5.74, 6) is -1.26. The molecule has 1 heterocycles. The third-order valence-corrected chi connectivity index (χ3v) is 8.44. The molecule has 1 saturated heterocycles. The van der Waals surface area contributed by atoms with Crippen LogP contribution in [0.3, 0.4) is 0 Å². The van der Waals surface area contributed by atoms with E-state index in [2.05, 4.69) is 16.0 Å². The largest absolute Gasteiger partial charge is 0.461 e. The lowest BCUT2D eigenvalue weighted by molar-refractivity contribution is -0.159. The van der Waals surface area contributed by atoms with Crippen LogP contribution in [0.4, 0.5) is 4.79 Å². The average Bonchev–Trinajstić information content (AvgIpc) is 3.00. The molecule has 1 aromatic carbocycles. The lowest BCUT2D eigenvalue weighted by atomic mass is 9.83. The summed E-state index contributed by atoms with van der Waals surface area (Å²) in [7, 11) is 0. The van der Waals surface area contributed by atoms with Crippen LogP contribution >= 0.6 is 11.8 Å². The number of esters is 1. The van der Waals surface area contributed by atoms with Crippen molar-refractivity contribution in [2.24, 2.45) is 5.92 Å². The van der Waals surface area contributed by atoms with Crippen molar-refractivity contribution in [2.45, 2.75) is 89.1 Å². The highest BCUT2D eigenvalue weighted by Gasteiger charge is 2.35. The topological polar surface area (TPSA) is 146 Å². The van der Waals surface area contributed by atoms with Gasteiger partial charge in [0.05, 0.1) is 25.4 Å². The Balaban J connectivity index is 1.74. The van der Waals surface area contributed by atoms with E-state index >= 15 is 0 Å². The SMILES string of the molecule is CSC[C@@H](NC(=O)[C@H](Cc1ccccc1)NC(=O)N1CCOCC1)C(=O)N[C@@H](CC1CCCCC1)[C@H](O)C(=O)OC(C)C. The number of nitrogens with one attached hydrogen (secondary N) is 3. The predicted octanol–water partition coefficient (Wildman–Crippen LogP) is 2.26. The summed E-state index contributed by atoms with van der Waals surface area (Å²) in [6.45, 7) is 5.11. The molecule has 2 aliphatic rings. The first kappa shape index (κ1) is 34.7. The van der Waals surface area contributed by atoms with Gasteiger partial charge in [-0.3, -0.25) is 9.59 Å². The van der Waals surface area contributed by atoms with Crippen LogP contribution in [0.5, 0.6) is 0 Å². The Morgan fingerprint density at radius 2 is 1.63 bits per heavy atom. The quantitative estimate of drug-likeness (QED) is 0.232. The Labute approximate surface area is 259 Å². The van der Waals surface area contributed by atoms with Crippen molar-refractivity contribution in [1.82, 2.24) is 20.9 Å². The zero-order valence-electron chi connectivity index (χ0n) is 25.6. The molecule has 1 saturated carbocycles. The molecule has 43 heavy (non-hydrogen) atoms. The number of morpholine rings is 1. The number of urea groups is 1. The molecule has 240 valence electrons. The molecule has 4 amide bonds. The number of nitrogens with zero attached hydrogens (tertiary/aromatic N) is 1. The minimum atomic E-state index is -1.53. The first-order chi connectivity index (χ1) is 20.7. The fraction of sp³-hybridized carbons (Fsp3) is 0.677. The van der Waals surface area contributed by atoms with Gasteiger partial charge in [0.25, 0.3) is 0 Å². The summed E-state index contributed by atoms with van der Waals surface area (Å²) in [4.78, 5) is 54.5. The Hall–Kier alpha value is -2.83. The van der Waals surface area contributed by atoms with E-state index in [1.54, 1.807) is 18.7 Å². The summed E-state index contributed by atoms with van der Waals surface area (Å²) in [6.07, 6.45) is 5.78. The van der Waals surface area contributed by atoms with Crippen molar-refractivity contribution in [3.05, 3.63) is 35.9 Å². The summed E-state index contributed by atoms with van der Waals surface area (Å²) in [5.41, 5.74) is 0.857. The smallest absolute Gasteiger partial charge is 0.337 e. The Bertz CT molecular complexity index is 1030. The van der Waals surface area contributed by atoms with Crippen LogP contribution in [0, 0.1) is 5.92 Å². The summed E-state index contributed by atoms with van der Waals surface area (Å²) in [6, 6.07) is 6.23. The molecule has 0 spiro atoms. The number of benzene rings is 1. The van der Waals surface area contributed by atoms with Crippen LogP contribution in [0.15, 0.2) is 30.3 Å². The number of ether oxygens (including phenoxy) is 2. The van der Waals surface area contributed by atoms with E-state index in [0.717, 1.165) is 37.7 Å². The Morgan fingerprint density at radius 3 is 2.26 bits per heavy atom. The van der Waals surface area contributed by atoms with Crippen molar-refractivity contribution in [2.75, 3.05) is 38.3 Å². The van der Waals surface area contributed by atoms with E-state index in [-0.39, 0.29) is 24.1 Å². The van der Waals surface area contributed by atoms with E-state index < -0.39 is 48.1 Å². The van der Waals surface area contributed by atoms with Gasteiger partial charge in [0.2, 0.25) is 11.8 Å². The van der Waals surface area contributed by atoms with Gasteiger partial charge >= 0.3 is 12.0 Å². The van der Waals surface area contributed by atoms with E-state index in [9.17, 15) is 24.3 Å². The van der Waals surface area contributed by atoms with Crippen molar-refractivity contribution in [3.63, 3.8) is 0 Å². The monoisotopic (exact) mass is 620 g/mol. The van der Waals surface area contributed by atoms with Gasteiger partial charge < -0.3 is 35.4 Å². The average molecular weight is 621 g/mol. The second-order valence-corrected chi connectivity index (χ2v) is 12.5. The molecule has 3 rings (SSSR count). The zero-order valence-corrected chi connectivity index (χ0v) is 26.4. The van der Waals surface area contributed by atoms with Crippen LogP contribution in [0.2, 0.25) is 0 Å². The summed E-state index contributed by atoms with van der Waals surface area (Å²) < 4.78 is 10.6. The first-order valence-electron chi connectivity index (χ1n) is 15.3. The third-order valence-electron chi connectivity index (χ3n) is 7.78. The van der Waals surface area contributed by atoms with Gasteiger partial charge in [0, 0.05) is 25.3 Å². The standard InChI is InChI=1S/C31H48N4O7S/c1-21(2)42-30(39)27(36)24(18-22-10-6-4-7-11-22)32-29(38)26(20-43-3)33-28(37)25(19-23-12-8-5-9-13-23)34-31(40)35-14-16-41-17-15-35/h5,8-9,12-13,21-22,24-27,36H,4,6-7,10-11,14-20H2,1-3H3,(H,32,38)(H,33,37)(H,34,40)/t24-,25-,26+,27-/m0/s1. The molecule has 0 bridgehead atoms. The van der Waals surface area contributed by atoms with Crippen molar-refractivity contribution in [1.29, 1.82) is 0 Å². The number of amides is 4. The van der Waals surface area contributed by atoms with Gasteiger partial charge in [-0.15, -0.1) is 0 Å². The number of thioether (sulfide) groups is 1. The maximum Gasteiger partial charge on any atom is 0.337 e. The highest BCUT2D eigenvalue weighted by molar-refractivity contribution is 7.98. The van der Waals surface area contributed by atoms with Crippen LogP contribution in [0.25, 0.3) is 0 Å². The molecular weight excluding hydrogens is 572 g/mol. The number of hydrogen-bond donors (Lipinski definition) is 4. The molecule has 0 aromatic heterocycles. The number of hydrogen-bond acceptors (Lipinski definition) is 8. The number of aliphatic hydroxyl groups excluding tert-OH is 1. The van der Waals surface area contributed by atoms with E-state index in [0.29, 0.717) is 32.7 Å². The number of rotatable bonds is 14. The molecule has 12 heteroatoms. The molecule has 4 N–H and O–H groups in total. The maximum absolute atomic E-state index is 13.6.